The minimum Gasteiger partial charge on any atom is -0.392 e. The average Bonchev–Trinajstić information content (AvgIpc) is 2.98. The van der Waals surface area contributed by atoms with Crippen LogP contribution in [0, 0.1) is 0 Å². The Morgan fingerprint density at radius 3 is 2.56 bits per heavy atom. The van der Waals surface area contributed by atoms with Crippen LogP contribution in [0.1, 0.15) is 44.7 Å². The predicted octanol–water partition coefficient (Wildman–Crippen LogP) is 1.60. The molecule has 0 radical (unpaired) electrons. The maximum absolute atomic E-state index is 12.9. The van der Waals surface area contributed by atoms with Gasteiger partial charge in [-0.1, -0.05) is 6.58 Å². The summed E-state index contributed by atoms with van der Waals surface area (Å²) in [5, 5.41) is 2.93. The van der Waals surface area contributed by atoms with E-state index in [0.29, 0.717) is 30.3 Å². The minimum atomic E-state index is -0.562. The third-order valence-corrected chi connectivity index (χ3v) is 4.68. The molecule has 0 aromatic heterocycles. The number of benzene rings is 1. The number of hydrogen-bond acceptors (Lipinski definition) is 5. The molecule has 0 saturated carbocycles. The molecule has 1 amide bonds. The van der Waals surface area contributed by atoms with Gasteiger partial charge in [0.1, 0.15) is 6.29 Å². The van der Waals surface area contributed by atoms with Gasteiger partial charge in [0, 0.05) is 38.4 Å². The maximum Gasteiger partial charge on any atom is 0.254 e. The van der Waals surface area contributed by atoms with Gasteiger partial charge in [0.05, 0.1) is 11.6 Å². The second kappa shape index (κ2) is 8.07. The molecule has 1 unspecified atom stereocenters. The van der Waals surface area contributed by atoms with Gasteiger partial charge in [-0.15, -0.1) is 0 Å². The largest absolute Gasteiger partial charge is 0.392 e. The Bertz CT molecular complexity index is 699. The lowest BCUT2D eigenvalue weighted by Crippen LogP contribution is -2.39. The van der Waals surface area contributed by atoms with Crippen LogP contribution in [0.2, 0.25) is 0 Å². The van der Waals surface area contributed by atoms with Gasteiger partial charge in [0.25, 0.3) is 5.91 Å². The van der Waals surface area contributed by atoms with Crippen LogP contribution in [0.4, 0.5) is 0 Å². The fourth-order valence-corrected chi connectivity index (χ4v) is 3.06. The fourth-order valence-electron chi connectivity index (χ4n) is 3.06. The van der Waals surface area contributed by atoms with E-state index < -0.39 is 6.04 Å². The van der Waals surface area contributed by atoms with Crippen molar-refractivity contribution in [3.63, 3.8) is 0 Å². The number of aldehydes is 2. The van der Waals surface area contributed by atoms with Crippen molar-refractivity contribution < 1.29 is 14.4 Å². The Kier molecular flexibility index (Phi) is 6.09. The van der Waals surface area contributed by atoms with Crippen LogP contribution in [0.3, 0.4) is 0 Å². The van der Waals surface area contributed by atoms with Crippen molar-refractivity contribution in [1.29, 1.82) is 0 Å². The average molecular weight is 343 g/mol. The van der Waals surface area contributed by atoms with Gasteiger partial charge >= 0.3 is 0 Å². The van der Waals surface area contributed by atoms with Crippen molar-refractivity contribution in [3.05, 3.63) is 46.7 Å². The molecular weight excluding hydrogens is 318 g/mol. The fraction of sp³-hybridized carbons (Fsp3) is 0.421. The van der Waals surface area contributed by atoms with Crippen molar-refractivity contribution in [1.82, 2.24) is 15.1 Å². The summed E-state index contributed by atoms with van der Waals surface area (Å²) in [6, 6.07) is 3.01. The molecule has 0 saturated heterocycles. The maximum atomic E-state index is 12.9. The highest BCUT2D eigenvalue weighted by molar-refractivity contribution is 6.02. The number of rotatable bonds is 8. The third-order valence-electron chi connectivity index (χ3n) is 4.68. The van der Waals surface area contributed by atoms with Gasteiger partial charge in [-0.05, 0) is 43.1 Å². The Morgan fingerprint density at radius 2 is 2.00 bits per heavy atom. The number of carbonyl (C=O) groups is 3. The highest BCUT2D eigenvalue weighted by Gasteiger charge is 2.26. The summed E-state index contributed by atoms with van der Waals surface area (Å²) in [5.41, 5.74) is 3.65. The van der Waals surface area contributed by atoms with Crippen LogP contribution in [-0.4, -0.2) is 55.5 Å². The number of nitrogens with one attached hydrogen (secondary N) is 1. The molecule has 0 fully saturated rings. The van der Waals surface area contributed by atoms with E-state index in [-0.39, 0.29) is 5.91 Å². The topological polar surface area (TPSA) is 69.7 Å². The molecule has 134 valence electrons. The van der Waals surface area contributed by atoms with E-state index >= 15 is 0 Å². The summed E-state index contributed by atoms with van der Waals surface area (Å²) in [5.74, 6) is -0.313. The van der Waals surface area contributed by atoms with Crippen molar-refractivity contribution in [2.24, 2.45) is 0 Å². The second-order valence-corrected chi connectivity index (χ2v) is 6.51. The zero-order chi connectivity index (χ0) is 18.6. The van der Waals surface area contributed by atoms with Crippen molar-refractivity contribution in [3.8, 4) is 0 Å². The molecule has 25 heavy (non-hydrogen) atoms. The van der Waals surface area contributed by atoms with Gasteiger partial charge in [0.2, 0.25) is 0 Å². The molecule has 1 aliphatic rings. The van der Waals surface area contributed by atoms with E-state index in [1.54, 1.807) is 26.2 Å². The summed E-state index contributed by atoms with van der Waals surface area (Å²) in [6.07, 6.45) is 2.55. The summed E-state index contributed by atoms with van der Waals surface area (Å²) in [7, 11) is 5.35. The SMILES string of the molecule is C=C(CCC(C=O)N(C)C(=O)c1cc2c(cc1C=O)CN(C)C2)NC. The second-order valence-electron chi connectivity index (χ2n) is 6.51. The lowest BCUT2D eigenvalue weighted by molar-refractivity contribution is -0.111. The van der Waals surface area contributed by atoms with Crippen LogP contribution in [0.5, 0.6) is 0 Å². The monoisotopic (exact) mass is 343 g/mol. The van der Waals surface area contributed by atoms with Gasteiger partial charge < -0.3 is 15.0 Å². The number of likely N-dealkylation sites (N-methyl/N-ethyl adjacent to an activating group) is 1. The van der Waals surface area contributed by atoms with Gasteiger partial charge in [-0.25, -0.2) is 0 Å². The van der Waals surface area contributed by atoms with Crippen LogP contribution < -0.4 is 5.32 Å². The van der Waals surface area contributed by atoms with E-state index in [1.807, 2.05) is 7.05 Å². The summed E-state index contributed by atoms with van der Waals surface area (Å²) >= 11 is 0. The number of nitrogens with zero attached hydrogens (tertiary/aromatic N) is 2. The smallest absolute Gasteiger partial charge is 0.254 e. The van der Waals surface area contributed by atoms with Crippen molar-refractivity contribution in [2.75, 3.05) is 21.1 Å². The van der Waals surface area contributed by atoms with E-state index in [0.717, 1.165) is 36.2 Å². The molecule has 1 aliphatic heterocycles. The number of hydrogen-bond donors (Lipinski definition) is 1. The van der Waals surface area contributed by atoms with Crippen molar-refractivity contribution in [2.45, 2.75) is 32.0 Å². The standard InChI is InChI=1S/C19H25N3O3/c1-13(20-2)5-6-17(12-24)22(4)19(25)18-8-15-10-21(3)9-14(15)7-16(18)11-23/h7-8,11-12,17,20H,1,5-6,9-10H2,2-4H3. The Balaban J connectivity index is 2.23. The molecule has 0 aliphatic carbocycles. The molecule has 1 N–H and O–H groups in total. The molecular formula is C19H25N3O3. The van der Waals surface area contributed by atoms with Gasteiger partial charge in [-0.2, -0.15) is 0 Å². The molecule has 1 aromatic carbocycles. The normalized spacial score (nSPS) is 14.5. The van der Waals surface area contributed by atoms with E-state index in [1.165, 1.54) is 4.90 Å². The summed E-state index contributed by atoms with van der Waals surface area (Å²) in [4.78, 5) is 39.3. The Labute approximate surface area is 148 Å². The number of amides is 1. The van der Waals surface area contributed by atoms with E-state index in [9.17, 15) is 14.4 Å². The zero-order valence-corrected chi connectivity index (χ0v) is 15.0. The first-order chi connectivity index (χ1) is 11.9. The first kappa shape index (κ1) is 18.9. The molecule has 1 aromatic rings. The Morgan fingerprint density at radius 1 is 1.36 bits per heavy atom. The Hall–Kier alpha value is -2.47. The quantitative estimate of drug-likeness (QED) is 0.726. The molecule has 6 heteroatoms. The van der Waals surface area contributed by atoms with Crippen molar-refractivity contribution >= 4 is 18.5 Å². The van der Waals surface area contributed by atoms with Gasteiger partial charge in [0.15, 0.2) is 6.29 Å². The molecule has 6 nitrogen and oxygen atoms in total. The zero-order valence-electron chi connectivity index (χ0n) is 15.0. The minimum absolute atomic E-state index is 0.313. The van der Waals surface area contributed by atoms with E-state index in [2.05, 4.69) is 16.8 Å². The van der Waals surface area contributed by atoms with Gasteiger partial charge in [-0.3, -0.25) is 14.5 Å². The lowest BCUT2D eigenvalue weighted by atomic mass is 9.99. The van der Waals surface area contributed by atoms with Crippen LogP contribution in [0.15, 0.2) is 24.4 Å². The molecule has 0 spiro atoms. The van der Waals surface area contributed by atoms with Crippen LogP contribution in [0.25, 0.3) is 0 Å². The first-order valence-corrected chi connectivity index (χ1v) is 8.28. The highest BCUT2D eigenvalue weighted by atomic mass is 16.2. The molecule has 2 rings (SSSR count). The van der Waals surface area contributed by atoms with E-state index in [4.69, 9.17) is 0 Å². The number of fused-ring (bicyclic) bond motifs is 1. The van der Waals surface area contributed by atoms with Crippen LogP contribution >= 0.6 is 0 Å². The summed E-state index contributed by atoms with van der Waals surface area (Å²) in [6.45, 7) is 5.35. The number of allylic oxidation sites excluding steroid dienone is 1. The predicted molar refractivity (Wildman–Crippen MR) is 96.4 cm³/mol. The third kappa shape index (κ3) is 4.14. The molecule has 1 heterocycles. The first-order valence-electron chi connectivity index (χ1n) is 8.28. The van der Waals surface area contributed by atoms with Crippen LogP contribution in [-0.2, 0) is 17.9 Å². The molecule has 0 bridgehead atoms. The summed E-state index contributed by atoms with van der Waals surface area (Å²) < 4.78 is 0. The highest BCUT2D eigenvalue weighted by Crippen LogP contribution is 2.26. The number of carbonyl (C=O) groups excluding carboxylic acids is 3. The molecule has 1 atom stereocenters. The lowest BCUT2D eigenvalue weighted by Gasteiger charge is -2.25.